The maximum atomic E-state index is 4.56. The van der Waals surface area contributed by atoms with Crippen molar-refractivity contribution in [1.29, 1.82) is 0 Å². The molecular formula is C12H10BrN3. The molecule has 2 aromatic rings. The SMILES string of the molecule is Brc1cc(-c2ccccn2)nc(C2CC2)n1. The van der Waals surface area contributed by atoms with E-state index in [0.29, 0.717) is 5.92 Å². The largest absolute Gasteiger partial charge is 0.255 e. The Morgan fingerprint density at radius 2 is 2.00 bits per heavy atom. The van der Waals surface area contributed by atoms with E-state index in [9.17, 15) is 0 Å². The zero-order valence-corrected chi connectivity index (χ0v) is 10.2. The fourth-order valence-corrected chi connectivity index (χ4v) is 2.00. The van der Waals surface area contributed by atoms with E-state index in [4.69, 9.17) is 0 Å². The molecular weight excluding hydrogens is 266 g/mol. The summed E-state index contributed by atoms with van der Waals surface area (Å²) in [4.78, 5) is 13.3. The monoisotopic (exact) mass is 275 g/mol. The number of hydrogen-bond acceptors (Lipinski definition) is 3. The fourth-order valence-electron chi connectivity index (χ4n) is 1.60. The van der Waals surface area contributed by atoms with E-state index in [1.165, 1.54) is 12.8 Å². The molecule has 0 radical (unpaired) electrons. The smallest absolute Gasteiger partial charge is 0.133 e. The van der Waals surface area contributed by atoms with Crippen molar-refractivity contribution >= 4 is 15.9 Å². The fraction of sp³-hybridized carbons (Fsp3) is 0.250. The minimum atomic E-state index is 0.556. The quantitative estimate of drug-likeness (QED) is 0.791. The number of hydrogen-bond donors (Lipinski definition) is 0. The lowest BCUT2D eigenvalue weighted by molar-refractivity contribution is 0.917. The highest BCUT2D eigenvalue weighted by molar-refractivity contribution is 9.10. The zero-order valence-electron chi connectivity index (χ0n) is 8.60. The molecule has 4 heteroatoms. The highest BCUT2D eigenvalue weighted by atomic mass is 79.9. The van der Waals surface area contributed by atoms with E-state index in [-0.39, 0.29) is 0 Å². The van der Waals surface area contributed by atoms with E-state index in [1.54, 1.807) is 6.20 Å². The summed E-state index contributed by atoms with van der Waals surface area (Å²) in [5, 5.41) is 0. The van der Waals surface area contributed by atoms with Crippen LogP contribution in [-0.4, -0.2) is 15.0 Å². The van der Waals surface area contributed by atoms with Crippen molar-refractivity contribution in [1.82, 2.24) is 15.0 Å². The van der Waals surface area contributed by atoms with Gasteiger partial charge in [0.25, 0.3) is 0 Å². The highest BCUT2D eigenvalue weighted by Gasteiger charge is 2.27. The van der Waals surface area contributed by atoms with Gasteiger partial charge in [0.2, 0.25) is 0 Å². The molecule has 0 bridgehead atoms. The van der Waals surface area contributed by atoms with Crippen LogP contribution in [0.4, 0.5) is 0 Å². The van der Waals surface area contributed by atoms with Crippen molar-refractivity contribution in [3.63, 3.8) is 0 Å². The number of rotatable bonds is 2. The Morgan fingerprint density at radius 3 is 2.69 bits per heavy atom. The van der Waals surface area contributed by atoms with Crippen LogP contribution in [0.3, 0.4) is 0 Å². The van der Waals surface area contributed by atoms with E-state index < -0.39 is 0 Å². The van der Waals surface area contributed by atoms with Gasteiger partial charge in [0.1, 0.15) is 10.4 Å². The lowest BCUT2D eigenvalue weighted by Gasteiger charge is -2.03. The minimum absolute atomic E-state index is 0.556. The first-order valence-electron chi connectivity index (χ1n) is 5.29. The molecule has 1 fully saturated rings. The van der Waals surface area contributed by atoms with Gasteiger partial charge in [-0.2, -0.15) is 0 Å². The Balaban J connectivity index is 2.06. The molecule has 0 unspecified atom stereocenters. The van der Waals surface area contributed by atoms with Crippen molar-refractivity contribution in [2.75, 3.05) is 0 Å². The summed E-state index contributed by atoms with van der Waals surface area (Å²) in [5.74, 6) is 1.50. The second-order valence-electron chi connectivity index (χ2n) is 3.92. The maximum absolute atomic E-state index is 4.56. The van der Waals surface area contributed by atoms with Crippen LogP contribution in [-0.2, 0) is 0 Å². The van der Waals surface area contributed by atoms with E-state index in [0.717, 1.165) is 21.8 Å². The average Bonchev–Trinajstić information content (AvgIpc) is 3.13. The van der Waals surface area contributed by atoms with Crippen molar-refractivity contribution in [2.24, 2.45) is 0 Å². The standard InChI is InChI=1S/C12H10BrN3/c13-11-7-10(9-3-1-2-6-14-9)15-12(16-11)8-4-5-8/h1-3,6-8H,4-5H2. The molecule has 0 N–H and O–H groups in total. The third-order valence-corrected chi connectivity index (χ3v) is 2.99. The van der Waals surface area contributed by atoms with Crippen LogP contribution in [0.2, 0.25) is 0 Å². The molecule has 0 spiro atoms. The maximum Gasteiger partial charge on any atom is 0.133 e. The van der Waals surface area contributed by atoms with Gasteiger partial charge in [0.05, 0.1) is 11.4 Å². The number of pyridine rings is 1. The van der Waals surface area contributed by atoms with E-state index >= 15 is 0 Å². The van der Waals surface area contributed by atoms with Crippen molar-refractivity contribution < 1.29 is 0 Å². The summed E-state index contributed by atoms with van der Waals surface area (Å²) in [7, 11) is 0. The number of aromatic nitrogens is 3. The van der Waals surface area contributed by atoms with Crippen molar-refractivity contribution in [2.45, 2.75) is 18.8 Å². The molecule has 0 amide bonds. The molecule has 1 aliphatic carbocycles. The van der Waals surface area contributed by atoms with Gasteiger partial charge in [0.15, 0.2) is 0 Å². The summed E-state index contributed by atoms with van der Waals surface area (Å²) in [6.45, 7) is 0. The molecule has 16 heavy (non-hydrogen) atoms. The van der Waals surface area contributed by atoms with E-state index in [1.807, 2.05) is 24.3 Å². The molecule has 0 aliphatic heterocycles. The molecule has 2 aromatic heterocycles. The predicted molar refractivity (Wildman–Crippen MR) is 64.9 cm³/mol. The summed E-state index contributed by atoms with van der Waals surface area (Å²) in [6, 6.07) is 7.75. The van der Waals surface area contributed by atoms with Crippen LogP contribution in [0.25, 0.3) is 11.4 Å². The summed E-state index contributed by atoms with van der Waals surface area (Å²) >= 11 is 3.43. The lowest BCUT2D eigenvalue weighted by atomic mass is 10.2. The summed E-state index contributed by atoms with van der Waals surface area (Å²) < 4.78 is 0.838. The van der Waals surface area contributed by atoms with Crippen LogP contribution in [0, 0.1) is 0 Å². The van der Waals surface area contributed by atoms with Gasteiger partial charge >= 0.3 is 0 Å². The molecule has 2 heterocycles. The van der Waals surface area contributed by atoms with Gasteiger partial charge in [-0.25, -0.2) is 9.97 Å². The number of halogens is 1. The average molecular weight is 276 g/mol. The van der Waals surface area contributed by atoms with Crippen LogP contribution in [0.5, 0.6) is 0 Å². The molecule has 80 valence electrons. The Bertz CT molecular complexity index is 509. The first kappa shape index (κ1) is 9.90. The van der Waals surface area contributed by atoms with Crippen LogP contribution < -0.4 is 0 Å². The molecule has 0 saturated heterocycles. The highest BCUT2D eigenvalue weighted by Crippen LogP contribution is 2.39. The second kappa shape index (κ2) is 3.94. The van der Waals surface area contributed by atoms with Crippen LogP contribution in [0.15, 0.2) is 35.1 Å². The van der Waals surface area contributed by atoms with Crippen molar-refractivity contribution in [3.8, 4) is 11.4 Å². The van der Waals surface area contributed by atoms with Gasteiger partial charge in [-0.1, -0.05) is 6.07 Å². The minimum Gasteiger partial charge on any atom is -0.255 e. The molecule has 1 saturated carbocycles. The van der Waals surface area contributed by atoms with Gasteiger partial charge < -0.3 is 0 Å². The predicted octanol–water partition coefficient (Wildman–Crippen LogP) is 3.18. The number of nitrogens with zero attached hydrogens (tertiary/aromatic N) is 3. The Kier molecular flexibility index (Phi) is 2.44. The topological polar surface area (TPSA) is 38.7 Å². The van der Waals surface area contributed by atoms with Gasteiger partial charge in [-0.15, -0.1) is 0 Å². The van der Waals surface area contributed by atoms with Crippen LogP contribution in [0.1, 0.15) is 24.6 Å². The molecule has 3 nitrogen and oxygen atoms in total. The van der Waals surface area contributed by atoms with Gasteiger partial charge in [0, 0.05) is 12.1 Å². The van der Waals surface area contributed by atoms with Gasteiger partial charge in [-0.3, -0.25) is 4.98 Å². The third kappa shape index (κ3) is 1.97. The second-order valence-corrected chi connectivity index (χ2v) is 4.74. The zero-order chi connectivity index (χ0) is 11.0. The first-order chi connectivity index (χ1) is 7.83. The Labute approximate surface area is 102 Å². The Hall–Kier alpha value is -1.29. The summed E-state index contributed by atoms with van der Waals surface area (Å²) in [6.07, 6.45) is 4.19. The Morgan fingerprint density at radius 1 is 1.12 bits per heavy atom. The first-order valence-corrected chi connectivity index (χ1v) is 6.08. The lowest BCUT2D eigenvalue weighted by Crippen LogP contribution is -1.96. The molecule has 3 rings (SSSR count). The van der Waals surface area contributed by atoms with Crippen molar-refractivity contribution in [3.05, 3.63) is 40.9 Å². The van der Waals surface area contributed by atoms with Gasteiger partial charge in [-0.05, 0) is 47.0 Å². The van der Waals surface area contributed by atoms with Crippen LogP contribution >= 0.6 is 15.9 Å². The molecule has 1 aliphatic rings. The normalized spacial score (nSPS) is 15.1. The molecule has 0 atom stereocenters. The van der Waals surface area contributed by atoms with E-state index in [2.05, 4.69) is 30.9 Å². The third-order valence-electron chi connectivity index (χ3n) is 2.58. The summed E-state index contributed by atoms with van der Waals surface area (Å²) in [5.41, 5.74) is 1.79. The molecule has 0 aromatic carbocycles.